The lowest BCUT2D eigenvalue weighted by Crippen LogP contribution is -2.45. The highest BCUT2D eigenvalue weighted by Gasteiger charge is 2.42. The maximum Gasteiger partial charge on any atom is 0.309 e. The van der Waals surface area contributed by atoms with E-state index in [4.69, 9.17) is 4.74 Å². The molecule has 196 valence electrons. The highest BCUT2D eigenvalue weighted by Crippen LogP contribution is 2.32. The number of cyclic esters (lactones) is 1. The van der Waals surface area contributed by atoms with Gasteiger partial charge in [-0.15, -0.1) is 11.3 Å². The quantitative estimate of drug-likeness (QED) is 0.407. The number of aromatic nitrogens is 1. The van der Waals surface area contributed by atoms with Crippen molar-refractivity contribution < 1.29 is 24.5 Å². The highest BCUT2D eigenvalue weighted by atomic mass is 32.1. The monoisotopic (exact) mass is 505 g/mol. The lowest BCUT2D eigenvalue weighted by atomic mass is 9.73. The molecule has 5 unspecified atom stereocenters. The average Bonchev–Trinajstić information content (AvgIpc) is 3.21. The van der Waals surface area contributed by atoms with E-state index in [1.54, 1.807) is 32.1 Å². The van der Waals surface area contributed by atoms with E-state index in [9.17, 15) is 19.8 Å². The molecule has 0 spiro atoms. The minimum atomic E-state index is -1.22. The number of aryl methyl sites for hydroxylation is 1. The summed E-state index contributed by atoms with van der Waals surface area (Å²) in [6.07, 6.45) is 5.35. The van der Waals surface area contributed by atoms with Crippen LogP contribution in [0.4, 0.5) is 0 Å². The second-order valence-corrected chi connectivity index (χ2v) is 11.6. The molecule has 0 aliphatic carbocycles. The van der Waals surface area contributed by atoms with E-state index >= 15 is 0 Å². The number of carbonyl (C=O) groups is 2. The fourth-order valence-corrected chi connectivity index (χ4v) is 5.18. The highest BCUT2D eigenvalue weighted by molar-refractivity contribution is 7.09. The molecule has 6 nitrogen and oxygen atoms in total. The van der Waals surface area contributed by atoms with E-state index in [0.717, 1.165) is 42.0 Å². The van der Waals surface area contributed by atoms with E-state index in [0.29, 0.717) is 6.42 Å². The molecular weight excluding hydrogens is 462 g/mol. The Morgan fingerprint density at radius 1 is 1.26 bits per heavy atom. The molecule has 0 aromatic carbocycles. The summed E-state index contributed by atoms with van der Waals surface area (Å²) in [5.41, 5.74) is 1.74. The minimum absolute atomic E-state index is 0.0438. The molecule has 2 rings (SSSR count). The summed E-state index contributed by atoms with van der Waals surface area (Å²) in [5, 5.41) is 24.6. The summed E-state index contributed by atoms with van der Waals surface area (Å²) in [4.78, 5) is 30.6. The first kappa shape index (κ1) is 29.4. The second kappa shape index (κ2) is 12.9. The maximum absolute atomic E-state index is 13.2. The number of allylic oxidation sites excluding steroid dienone is 1. The van der Waals surface area contributed by atoms with E-state index in [1.807, 2.05) is 32.2 Å². The standard InChI is InChI=1S/C28H43NO5S/c1-8-21-12-10-9-11-17(2)26(32)19(4)27(33)28(6,7)24(30)15-25(31)34-23(14-21)18(3)13-22-16-35-20(5)29-22/h12-13,16-17,19,23-24,26,30,32H,8-11,14-15H2,1-7H3. The van der Waals surface area contributed by atoms with Crippen LogP contribution in [0.3, 0.4) is 0 Å². The SMILES string of the molecule is CCC1=CCCCC(C)C(O)C(C)C(=O)C(C)(C)C(O)CC(=O)OC(C(C)=Cc2csc(C)n2)C1. The van der Waals surface area contributed by atoms with E-state index in [1.165, 1.54) is 5.57 Å². The van der Waals surface area contributed by atoms with Crippen LogP contribution in [0.25, 0.3) is 6.08 Å². The Kier molecular flexibility index (Phi) is 10.9. The van der Waals surface area contributed by atoms with Gasteiger partial charge in [-0.3, -0.25) is 9.59 Å². The largest absolute Gasteiger partial charge is 0.457 e. The summed E-state index contributed by atoms with van der Waals surface area (Å²) >= 11 is 1.57. The summed E-state index contributed by atoms with van der Waals surface area (Å²) in [7, 11) is 0. The van der Waals surface area contributed by atoms with Crippen molar-refractivity contribution in [2.24, 2.45) is 17.3 Å². The number of ether oxygens (including phenoxy) is 1. The van der Waals surface area contributed by atoms with Crippen molar-refractivity contribution in [1.29, 1.82) is 0 Å². The van der Waals surface area contributed by atoms with Gasteiger partial charge in [0.2, 0.25) is 0 Å². The fourth-order valence-electron chi connectivity index (χ4n) is 4.61. The zero-order valence-electron chi connectivity index (χ0n) is 22.3. The fraction of sp³-hybridized carbons (Fsp3) is 0.679. The molecule has 0 saturated carbocycles. The van der Waals surface area contributed by atoms with Gasteiger partial charge in [-0.2, -0.15) is 0 Å². The molecule has 0 amide bonds. The summed E-state index contributed by atoms with van der Waals surface area (Å²) < 4.78 is 5.90. The van der Waals surface area contributed by atoms with Crippen molar-refractivity contribution in [3.63, 3.8) is 0 Å². The number of rotatable bonds is 3. The van der Waals surface area contributed by atoms with Crippen LogP contribution in [0, 0.1) is 24.2 Å². The Hall–Kier alpha value is -1.83. The number of esters is 1. The van der Waals surface area contributed by atoms with Crippen LogP contribution in [-0.4, -0.2) is 45.3 Å². The van der Waals surface area contributed by atoms with Crippen LogP contribution in [0.1, 0.15) is 90.8 Å². The number of nitrogens with zero attached hydrogens (tertiary/aromatic N) is 1. The predicted octanol–water partition coefficient (Wildman–Crippen LogP) is 5.66. The molecule has 0 bridgehead atoms. The number of carbonyl (C=O) groups excluding carboxylic acids is 2. The molecule has 35 heavy (non-hydrogen) atoms. The number of hydrogen-bond acceptors (Lipinski definition) is 7. The van der Waals surface area contributed by atoms with Gasteiger partial charge in [0.05, 0.1) is 34.7 Å². The first-order chi connectivity index (χ1) is 16.4. The topological polar surface area (TPSA) is 96.7 Å². The Morgan fingerprint density at radius 2 is 1.94 bits per heavy atom. The van der Waals surface area contributed by atoms with Crippen LogP contribution in [0.5, 0.6) is 0 Å². The number of Topliss-reactive ketones (excluding diaryl/α,β-unsaturated/α-hetero) is 1. The zero-order chi connectivity index (χ0) is 26.3. The smallest absolute Gasteiger partial charge is 0.309 e. The molecule has 0 fully saturated rings. The van der Waals surface area contributed by atoms with E-state index in [2.05, 4.69) is 18.0 Å². The Balaban J connectivity index is 2.37. The Morgan fingerprint density at radius 3 is 2.54 bits per heavy atom. The molecule has 0 saturated heterocycles. The molecule has 1 aromatic heterocycles. The second-order valence-electron chi connectivity index (χ2n) is 10.6. The number of aliphatic hydroxyl groups is 2. The van der Waals surface area contributed by atoms with Gasteiger partial charge in [-0.1, -0.05) is 46.3 Å². The third kappa shape index (κ3) is 8.09. The van der Waals surface area contributed by atoms with Gasteiger partial charge in [0, 0.05) is 17.7 Å². The van der Waals surface area contributed by atoms with Crippen LogP contribution in [-0.2, 0) is 14.3 Å². The van der Waals surface area contributed by atoms with Crippen molar-refractivity contribution >= 4 is 29.2 Å². The zero-order valence-corrected chi connectivity index (χ0v) is 23.2. The predicted molar refractivity (Wildman–Crippen MR) is 141 cm³/mol. The lowest BCUT2D eigenvalue weighted by Gasteiger charge is -2.34. The number of aliphatic hydroxyl groups excluding tert-OH is 2. The van der Waals surface area contributed by atoms with Crippen LogP contribution in [0.2, 0.25) is 0 Å². The van der Waals surface area contributed by atoms with Gasteiger partial charge in [0.25, 0.3) is 0 Å². The van der Waals surface area contributed by atoms with E-state index in [-0.39, 0.29) is 18.1 Å². The molecule has 0 radical (unpaired) electrons. The van der Waals surface area contributed by atoms with Crippen molar-refractivity contribution in [2.45, 2.75) is 105 Å². The molecule has 2 N–H and O–H groups in total. The molecule has 1 aromatic rings. The molecule has 2 heterocycles. The van der Waals surface area contributed by atoms with Gasteiger partial charge in [-0.25, -0.2) is 4.98 Å². The van der Waals surface area contributed by atoms with Gasteiger partial charge in [-0.05, 0) is 57.1 Å². The van der Waals surface area contributed by atoms with Crippen LogP contribution >= 0.6 is 11.3 Å². The average molecular weight is 506 g/mol. The van der Waals surface area contributed by atoms with Crippen molar-refractivity contribution in [1.82, 2.24) is 4.98 Å². The van der Waals surface area contributed by atoms with Gasteiger partial charge in [0.1, 0.15) is 11.9 Å². The first-order valence-electron chi connectivity index (χ1n) is 12.7. The molecule has 1 aliphatic heterocycles. The number of thiazole rings is 1. The number of hydrogen-bond donors (Lipinski definition) is 2. The minimum Gasteiger partial charge on any atom is -0.457 e. The third-order valence-electron chi connectivity index (χ3n) is 7.33. The van der Waals surface area contributed by atoms with Gasteiger partial charge < -0.3 is 14.9 Å². The molecule has 7 heteroatoms. The van der Waals surface area contributed by atoms with Crippen molar-refractivity contribution in [2.75, 3.05) is 0 Å². The molecular formula is C28H43NO5S. The molecule has 1 aliphatic rings. The Bertz CT molecular complexity index is 932. The lowest BCUT2D eigenvalue weighted by molar-refractivity contribution is -0.154. The van der Waals surface area contributed by atoms with Crippen LogP contribution in [0.15, 0.2) is 22.6 Å². The third-order valence-corrected chi connectivity index (χ3v) is 8.12. The normalized spacial score (nSPS) is 30.0. The van der Waals surface area contributed by atoms with Crippen molar-refractivity contribution in [3.8, 4) is 0 Å². The van der Waals surface area contributed by atoms with Crippen LogP contribution < -0.4 is 0 Å². The molecule has 5 atom stereocenters. The number of ketones is 1. The maximum atomic E-state index is 13.2. The van der Waals surface area contributed by atoms with Gasteiger partial charge in [0.15, 0.2) is 0 Å². The Labute approximate surface area is 214 Å². The summed E-state index contributed by atoms with van der Waals surface area (Å²) in [6.45, 7) is 12.9. The van der Waals surface area contributed by atoms with Crippen molar-refractivity contribution in [3.05, 3.63) is 33.3 Å². The summed E-state index contributed by atoms with van der Waals surface area (Å²) in [5.74, 6) is -1.48. The van der Waals surface area contributed by atoms with Gasteiger partial charge >= 0.3 is 5.97 Å². The first-order valence-corrected chi connectivity index (χ1v) is 13.6. The summed E-state index contributed by atoms with van der Waals surface area (Å²) in [6, 6.07) is 0. The van der Waals surface area contributed by atoms with E-state index < -0.39 is 35.6 Å².